The van der Waals surface area contributed by atoms with E-state index in [1.165, 1.54) is 33.3 Å². The first-order valence-corrected chi connectivity index (χ1v) is 8.68. The number of aromatic nitrogens is 1. The molecule has 2 aromatic carbocycles. The van der Waals surface area contributed by atoms with E-state index in [9.17, 15) is 0 Å². The van der Waals surface area contributed by atoms with Gasteiger partial charge in [-0.25, -0.2) is 0 Å². The first-order chi connectivity index (χ1) is 11.6. The van der Waals surface area contributed by atoms with E-state index in [0.29, 0.717) is 0 Å². The van der Waals surface area contributed by atoms with Crippen LogP contribution < -0.4 is 5.32 Å². The average Bonchev–Trinajstić information content (AvgIpc) is 2.89. The molecule has 1 aliphatic rings. The van der Waals surface area contributed by atoms with E-state index in [1.807, 2.05) is 0 Å². The van der Waals surface area contributed by atoms with Crippen LogP contribution in [0, 0.1) is 6.92 Å². The number of nitrogens with zero attached hydrogens (tertiary/aromatic N) is 1. The SMILES string of the molecule is Cc1ccc(CCn2c3c(c4ccccc42)C(C)(C)NC=C3)cc1. The molecule has 0 saturated carbocycles. The highest BCUT2D eigenvalue weighted by molar-refractivity contribution is 5.90. The van der Waals surface area contributed by atoms with Crippen molar-refractivity contribution in [3.63, 3.8) is 0 Å². The van der Waals surface area contributed by atoms with Crippen molar-refractivity contribution in [2.45, 2.75) is 39.3 Å². The molecule has 1 aliphatic heterocycles. The molecule has 0 saturated heterocycles. The van der Waals surface area contributed by atoms with Crippen molar-refractivity contribution in [2.24, 2.45) is 0 Å². The molecular formula is C22H24N2. The predicted molar refractivity (Wildman–Crippen MR) is 102 cm³/mol. The number of aryl methyl sites for hydroxylation is 3. The van der Waals surface area contributed by atoms with Crippen LogP contribution >= 0.6 is 0 Å². The second-order valence-electron chi connectivity index (χ2n) is 7.27. The highest BCUT2D eigenvalue weighted by atomic mass is 15.0. The third-order valence-corrected chi connectivity index (χ3v) is 5.07. The highest BCUT2D eigenvalue weighted by Gasteiger charge is 2.30. The first-order valence-electron chi connectivity index (χ1n) is 8.68. The van der Waals surface area contributed by atoms with E-state index in [0.717, 1.165) is 13.0 Å². The fraction of sp³-hybridized carbons (Fsp3) is 0.273. The van der Waals surface area contributed by atoms with Gasteiger partial charge in [-0.2, -0.15) is 0 Å². The molecule has 1 aromatic heterocycles. The fourth-order valence-corrected chi connectivity index (χ4v) is 3.79. The van der Waals surface area contributed by atoms with E-state index < -0.39 is 0 Å². The standard InChI is InChI=1S/C22H24N2/c1-16-8-10-17(11-9-16)13-15-24-19-7-5-4-6-18(19)21-20(24)12-14-23-22(21,2)3/h4-12,14,23H,13,15H2,1-3H3. The van der Waals surface area contributed by atoms with Crippen LogP contribution in [-0.2, 0) is 18.5 Å². The van der Waals surface area contributed by atoms with Gasteiger partial charge in [0.15, 0.2) is 0 Å². The summed E-state index contributed by atoms with van der Waals surface area (Å²) < 4.78 is 2.48. The molecule has 0 amide bonds. The lowest BCUT2D eigenvalue weighted by atomic mass is 9.89. The van der Waals surface area contributed by atoms with Crippen LogP contribution in [0.25, 0.3) is 17.0 Å². The van der Waals surface area contributed by atoms with Gasteiger partial charge >= 0.3 is 0 Å². The summed E-state index contributed by atoms with van der Waals surface area (Å²) in [6.07, 6.45) is 5.35. The van der Waals surface area contributed by atoms with Gasteiger partial charge in [0.1, 0.15) is 0 Å². The number of benzene rings is 2. The summed E-state index contributed by atoms with van der Waals surface area (Å²) in [6, 6.07) is 17.7. The monoisotopic (exact) mass is 316 g/mol. The van der Waals surface area contributed by atoms with Crippen molar-refractivity contribution in [3.05, 3.63) is 77.1 Å². The first kappa shape index (κ1) is 15.1. The maximum atomic E-state index is 3.51. The molecule has 2 heteroatoms. The van der Waals surface area contributed by atoms with Crippen LogP contribution in [0.2, 0.25) is 0 Å². The van der Waals surface area contributed by atoms with Gasteiger partial charge in [-0.3, -0.25) is 0 Å². The summed E-state index contributed by atoms with van der Waals surface area (Å²) in [5.41, 5.74) is 6.74. The van der Waals surface area contributed by atoms with Gasteiger partial charge < -0.3 is 9.88 Å². The normalized spacial score (nSPS) is 15.3. The van der Waals surface area contributed by atoms with E-state index in [-0.39, 0.29) is 5.54 Å². The minimum atomic E-state index is -0.0429. The molecule has 0 spiro atoms. The largest absolute Gasteiger partial charge is 0.382 e. The Bertz CT molecular complexity index is 911. The molecule has 0 radical (unpaired) electrons. The molecule has 4 rings (SSSR count). The second-order valence-corrected chi connectivity index (χ2v) is 7.27. The summed E-state index contributed by atoms with van der Waals surface area (Å²) in [6.45, 7) is 7.65. The summed E-state index contributed by atoms with van der Waals surface area (Å²) >= 11 is 0. The quantitative estimate of drug-likeness (QED) is 0.719. The van der Waals surface area contributed by atoms with E-state index in [4.69, 9.17) is 0 Å². The van der Waals surface area contributed by atoms with Crippen molar-refractivity contribution < 1.29 is 0 Å². The Labute approximate surface area is 143 Å². The summed E-state index contributed by atoms with van der Waals surface area (Å²) in [5.74, 6) is 0. The third kappa shape index (κ3) is 2.43. The topological polar surface area (TPSA) is 17.0 Å². The van der Waals surface area contributed by atoms with E-state index >= 15 is 0 Å². The number of fused-ring (bicyclic) bond motifs is 3. The Morgan fingerprint density at radius 3 is 2.54 bits per heavy atom. The van der Waals surface area contributed by atoms with E-state index in [1.54, 1.807) is 0 Å². The van der Waals surface area contributed by atoms with E-state index in [2.05, 4.69) is 91.5 Å². The molecule has 2 nitrogen and oxygen atoms in total. The molecule has 1 N–H and O–H groups in total. The number of nitrogens with one attached hydrogen (secondary N) is 1. The number of para-hydroxylation sites is 1. The van der Waals surface area contributed by atoms with Gasteiger partial charge in [0, 0.05) is 28.7 Å². The van der Waals surface area contributed by atoms with Gasteiger partial charge in [0.2, 0.25) is 0 Å². The van der Waals surface area contributed by atoms with Crippen molar-refractivity contribution in [1.29, 1.82) is 0 Å². The van der Waals surface area contributed by atoms with Crippen molar-refractivity contribution in [3.8, 4) is 0 Å². The summed E-state index contributed by atoms with van der Waals surface area (Å²) in [4.78, 5) is 0. The molecule has 0 bridgehead atoms. The Morgan fingerprint density at radius 1 is 1.00 bits per heavy atom. The minimum absolute atomic E-state index is 0.0429. The maximum Gasteiger partial charge on any atom is 0.0590 e. The van der Waals surface area contributed by atoms with Crippen LogP contribution in [0.4, 0.5) is 0 Å². The zero-order chi connectivity index (χ0) is 16.7. The van der Waals surface area contributed by atoms with Crippen LogP contribution in [0.15, 0.2) is 54.7 Å². The Balaban J connectivity index is 1.78. The Morgan fingerprint density at radius 2 is 1.75 bits per heavy atom. The minimum Gasteiger partial charge on any atom is -0.382 e. The summed E-state index contributed by atoms with van der Waals surface area (Å²) in [7, 11) is 0. The van der Waals surface area contributed by atoms with Crippen molar-refractivity contribution in [2.75, 3.05) is 0 Å². The molecule has 0 atom stereocenters. The Kier molecular flexibility index (Phi) is 3.49. The Hall–Kier alpha value is -2.48. The lowest BCUT2D eigenvalue weighted by Gasteiger charge is -2.30. The lowest BCUT2D eigenvalue weighted by Crippen LogP contribution is -2.35. The van der Waals surface area contributed by atoms with Crippen LogP contribution in [-0.4, -0.2) is 4.57 Å². The van der Waals surface area contributed by atoms with Gasteiger partial charge in [-0.05, 0) is 51.1 Å². The predicted octanol–water partition coefficient (Wildman–Crippen LogP) is 5.00. The van der Waals surface area contributed by atoms with Gasteiger partial charge in [-0.15, -0.1) is 0 Å². The molecule has 0 unspecified atom stereocenters. The molecule has 0 fully saturated rings. The molecular weight excluding hydrogens is 292 g/mol. The summed E-state index contributed by atoms with van der Waals surface area (Å²) in [5, 5.41) is 4.87. The highest BCUT2D eigenvalue weighted by Crippen LogP contribution is 2.37. The van der Waals surface area contributed by atoms with Crippen molar-refractivity contribution in [1.82, 2.24) is 9.88 Å². The molecule has 122 valence electrons. The number of rotatable bonds is 3. The second kappa shape index (κ2) is 5.55. The molecule has 3 aromatic rings. The van der Waals surface area contributed by atoms with Gasteiger partial charge in [0.25, 0.3) is 0 Å². The van der Waals surface area contributed by atoms with Crippen molar-refractivity contribution >= 4 is 17.0 Å². The van der Waals surface area contributed by atoms with Crippen LogP contribution in [0.1, 0.15) is 36.2 Å². The zero-order valence-corrected chi connectivity index (χ0v) is 14.6. The zero-order valence-electron chi connectivity index (χ0n) is 14.6. The molecule has 0 aliphatic carbocycles. The van der Waals surface area contributed by atoms with Crippen LogP contribution in [0.5, 0.6) is 0 Å². The van der Waals surface area contributed by atoms with Crippen LogP contribution in [0.3, 0.4) is 0 Å². The smallest absolute Gasteiger partial charge is 0.0590 e. The maximum absolute atomic E-state index is 3.51. The number of hydrogen-bond donors (Lipinski definition) is 1. The van der Waals surface area contributed by atoms with Gasteiger partial charge in [0.05, 0.1) is 5.54 Å². The average molecular weight is 316 g/mol. The number of hydrogen-bond acceptors (Lipinski definition) is 1. The molecule has 24 heavy (non-hydrogen) atoms. The lowest BCUT2D eigenvalue weighted by molar-refractivity contribution is 0.462. The molecule has 2 heterocycles. The fourth-order valence-electron chi connectivity index (χ4n) is 3.79. The van der Waals surface area contributed by atoms with Gasteiger partial charge in [-0.1, -0.05) is 48.0 Å². The third-order valence-electron chi connectivity index (χ3n) is 5.07.